The Labute approximate surface area is 205 Å². The number of hydrogen-bond acceptors (Lipinski definition) is 4. The minimum Gasteiger partial charge on any atom is -0.357 e. The molecule has 2 aliphatic heterocycles. The number of hydrogen-bond donors (Lipinski definition) is 2. The van der Waals surface area contributed by atoms with Crippen LogP contribution in [-0.2, 0) is 16.6 Å². The highest BCUT2D eigenvalue weighted by molar-refractivity contribution is 14.0. The number of sulfonamides is 1. The van der Waals surface area contributed by atoms with Gasteiger partial charge in [0.2, 0.25) is 10.0 Å². The molecule has 1 aromatic rings. The molecular formula is C22H38IN5O2S. The van der Waals surface area contributed by atoms with Gasteiger partial charge in [0.25, 0.3) is 0 Å². The van der Waals surface area contributed by atoms with Gasteiger partial charge in [0.15, 0.2) is 5.96 Å². The summed E-state index contributed by atoms with van der Waals surface area (Å²) in [7, 11) is -3.13. The van der Waals surface area contributed by atoms with Gasteiger partial charge in [0.05, 0.1) is 6.26 Å². The van der Waals surface area contributed by atoms with Gasteiger partial charge in [-0.05, 0) is 50.6 Å². The van der Waals surface area contributed by atoms with E-state index in [-0.39, 0.29) is 24.0 Å². The Kier molecular flexibility index (Phi) is 11.0. The molecule has 2 aliphatic rings. The molecule has 0 spiro atoms. The summed E-state index contributed by atoms with van der Waals surface area (Å²) in [5.74, 6) is 1.64. The molecule has 9 heteroatoms. The fraction of sp³-hybridized carbons (Fsp3) is 0.682. The lowest BCUT2D eigenvalue weighted by atomic mass is 9.83. The number of aliphatic imine (C=N–C) groups is 1. The number of rotatable bonds is 8. The first-order chi connectivity index (χ1) is 14.5. The molecule has 0 aromatic heterocycles. The molecule has 2 heterocycles. The van der Waals surface area contributed by atoms with Crippen molar-refractivity contribution in [2.75, 3.05) is 45.5 Å². The van der Waals surface area contributed by atoms with Crippen molar-refractivity contribution in [3.63, 3.8) is 0 Å². The van der Waals surface area contributed by atoms with Crippen LogP contribution in [-0.4, -0.2) is 75.7 Å². The van der Waals surface area contributed by atoms with E-state index in [9.17, 15) is 8.42 Å². The van der Waals surface area contributed by atoms with Crippen molar-refractivity contribution in [1.29, 1.82) is 0 Å². The highest BCUT2D eigenvalue weighted by Gasteiger charge is 2.36. The molecule has 0 radical (unpaired) electrons. The van der Waals surface area contributed by atoms with Crippen LogP contribution in [0.15, 0.2) is 35.3 Å². The maximum Gasteiger partial charge on any atom is 0.208 e. The van der Waals surface area contributed by atoms with Crippen LogP contribution in [0.4, 0.5) is 0 Å². The third-order valence-electron chi connectivity index (χ3n) is 6.01. The average Bonchev–Trinajstić information content (AvgIpc) is 2.72. The molecule has 0 saturated carbocycles. The third-order valence-corrected chi connectivity index (χ3v) is 6.74. The number of halogens is 1. The SMILES string of the molecule is CCNC(=NCCCNS(C)(=O)=O)N1CCC2C(CCCN2Cc2ccccc2)C1.I. The van der Waals surface area contributed by atoms with Gasteiger partial charge in [-0.1, -0.05) is 30.3 Å². The number of benzene rings is 1. The number of piperidine rings is 2. The highest BCUT2D eigenvalue weighted by Crippen LogP contribution is 2.31. The lowest BCUT2D eigenvalue weighted by Gasteiger charge is -2.48. The Morgan fingerprint density at radius 1 is 1.19 bits per heavy atom. The van der Waals surface area contributed by atoms with Crippen LogP contribution in [0.25, 0.3) is 0 Å². The summed E-state index contributed by atoms with van der Waals surface area (Å²) in [6.07, 6.45) is 5.59. The molecule has 0 aliphatic carbocycles. The predicted molar refractivity (Wildman–Crippen MR) is 138 cm³/mol. The summed E-state index contributed by atoms with van der Waals surface area (Å²) in [5.41, 5.74) is 1.40. The van der Waals surface area contributed by atoms with Crippen molar-refractivity contribution in [3.05, 3.63) is 35.9 Å². The highest BCUT2D eigenvalue weighted by atomic mass is 127. The fourth-order valence-electron chi connectivity index (χ4n) is 4.66. The number of fused-ring (bicyclic) bond motifs is 1. The van der Waals surface area contributed by atoms with E-state index >= 15 is 0 Å². The lowest BCUT2D eigenvalue weighted by molar-refractivity contribution is 0.0372. The van der Waals surface area contributed by atoms with Crippen LogP contribution >= 0.6 is 24.0 Å². The minimum absolute atomic E-state index is 0. The second kappa shape index (κ2) is 13.0. The third kappa shape index (κ3) is 8.51. The van der Waals surface area contributed by atoms with Crippen LogP contribution < -0.4 is 10.0 Å². The van der Waals surface area contributed by atoms with E-state index in [1.54, 1.807) is 0 Å². The van der Waals surface area contributed by atoms with Crippen molar-refractivity contribution >= 4 is 40.0 Å². The Morgan fingerprint density at radius 2 is 1.97 bits per heavy atom. The first-order valence-electron chi connectivity index (χ1n) is 11.2. The smallest absolute Gasteiger partial charge is 0.208 e. The zero-order valence-electron chi connectivity index (χ0n) is 18.8. The Balaban J connectivity index is 0.00000341. The molecule has 2 atom stereocenters. The van der Waals surface area contributed by atoms with Gasteiger partial charge in [-0.3, -0.25) is 9.89 Å². The predicted octanol–water partition coefficient (Wildman–Crippen LogP) is 2.50. The average molecular weight is 564 g/mol. The number of nitrogens with one attached hydrogen (secondary N) is 2. The van der Waals surface area contributed by atoms with Gasteiger partial charge in [0, 0.05) is 45.3 Å². The fourth-order valence-corrected chi connectivity index (χ4v) is 5.18. The number of guanidine groups is 1. The van der Waals surface area contributed by atoms with Crippen LogP contribution in [0.2, 0.25) is 0 Å². The zero-order valence-corrected chi connectivity index (χ0v) is 21.9. The van der Waals surface area contributed by atoms with Gasteiger partial charge in [0.1, 0.15) is 0 Å². The Bertz CT molecular complexity index is 790. The Morgan fingerprint density at radius 3 is 2.68 bits per heavy atom. The molecule has 2 saturated heterocycles. The number of nitrogens with zero attached hydrogens (tertiary/aromatic N) is 3. The van der Waals surface area contributed by atoms with Gasteiger partial charge in [-0.15, -0.1) is 24.0 Å². The van der Waals surface area contributed by atoms with Crippen LogP contribution in [0, 0.1) is 5.92 Å². The molecule has 2 fully saturated rings. The summed E-state index contributed by atoms with van der Waals surface area (Å²) in [5, 5.41) is 3.43. The summed E-state index contributed by atoms with van der Waals surface area (Å²) >= 11 is 0. The quantitative estimate of drug-likeness (QED) is 0.220. The van der Waals surface area contributed by atoms with E-state index in [2.05, 4.69) is 57.1 Å². The summed E-state index contributed by atoms with van der Waals surface area (Å²) in [6, 6.07) is 11.5. The lowest BCUT2D eigenvalue weighted by Crippen LogP contribution is -2.56. The van der Waals surface area contributed by atoms with Gasteiger partial charge < -0.3 is 10.2 Å². The Hall–Kier alpha value is -0.910. The summed E-state index contributed by atoms with van der Waals surface area (Å²) in [4.78, 5) is 9.85. The summed E-state index contributed by atoms with van der Waals surface area (Å²) < 4.78 is 24.9. The van der Waals surface area contributed by atoms with E-state index in [1.165, 1.54) is 31.2 Å². The van der Waals surface area contributed by atoms with E-state index in [4.69, 9.17) is 4.99 Å². The van der Waals surface area contributed by atoms with Crippen molar-refractivity contribution in [2.45, 2.75) is 45.2 Å². The second-order valence-electron chi connectivity index (χ2n) is 8.42. The monoisotopic (exact) mass is 563 g/mol. The van der Waals surface area contributed by atoms with E-state index < -0.39 is 10.0 Å². The normalized spacial score (nSPS) is 22.5. The van der Waals surface area contributed by atoms with Gasteiger partial charge >= 0.3 is 0 Å². The van der Waals surface area contributed by atoms with Crippen molar-refractivity contribution in [3.8, 4) is 0 Å². The number of likely N-dealkylation sites (tertiary alicyclic amines) is 2. The van der Waals surface area contributed by atoms with E-state index in [0.717, 1.165) is 38.6 Å². The van der Waals surface area contributed by atoms with Crippen LogP contribution in [0.5, 0.6) is 0 Å². The van der Waals surface area contributed by atoms with Crippen LogP contribution in [0.3, 0.4) is 0 Å². The largest absolute Gasteiger partial charge is 0.357 e. The molecule has 1 aromatic carbocycles. The second-order valence-corrected chi connectivity index (χ2v) is 10.2. The molecule has 2 N–H and O–H groups in total. The zero-order chi connectivity index (χ0) is 21.4. The molecule has 0 bridgehead atoms. The standard InChI is InChI=1S/C22H37N5O2S.HI/c1-3-23-22(24-13-8-14-25-30(2,28)29)27-16-12-21-20(18-27)11-7-15-26(21)17-19-9-5-4-6-10-19;/h4-6,9-10,20-21,25H,3,7-8,11-18H2,1-2H3,(H,23,24);1H. The van der Waals surface area contributed by atoms with Crippen molar-refractivity contribution in [1.82, 2.24) is 19.8 Å². The molecule has 3 rings (SSSR count). The maximum atomic E-state index is 11.2. The molecule has 31 heavy (non-hydrogen) atoms. The molecular weight excluding hydrogens is 525 g/mol. The first-order valence-corrected chi connectivity index (χ1v) is 13.1. The van der Waals surface area contributed by atoms with Gasteiger partial charge in [-0.25, -0.2) is 13.1 Å². The molecule has 2 unspecified atom stereocenters. The van der Waals surface area contributed by atoms with E-state index in [0.29, 0.717) is 31.5 Å². The maximum absolute atomic E-state index is 11.2. The van der Waals surface area contributed by atoms with Crippen molar-refractivity contribution in [2.24, 2.45) is 10.9 Å². The van der Waals surface area contributed by atoms with Crippen LogP contribution in [0.1, 0.15) is 38.2 Å². The first kappa shape index (κ1) is 26.3. The summed E-state index contributed by atoms with van der Waals surface area (Å²) in [6.45, 7) is 8.28. The molecule has 176 valence electrons. The van der Waals surface area contributed by atoms with Crippen molar-refractivity contribution < 1.29 is 8.42 Å². The molecule has 7 nitrogen and oxygen atoms in total. The minimum atomic E-state index is -3.13. The molecule has 0 amide bonds. The van der Waals surface area contributed by atoms with Gasteiger partial charge in [-0.2, -0.15) is 0 Å². The topological polar surface area (TPSA) is 77.0 Å². The van der Waals surface area contributed by atoms with E-state index in [1.807, 2.05) is 0 Å².